The molecule has 0 amide bonds. The van der Waals surface area contributed by atoms with Gasteiger partial charge in [0.25, 0.3) is 0 Å². The van der Waals surface area contributed by atoms with Gasteiger partial charge in [0.2, 0.25) is 0 Å². The number of hydrogen-bond donors (Lipinski definition) is 0. The summed E-state index contributed by atoms with van der Waals surface area (Å²) in [6, 6.07) is 26.8. The molecule has 1 aliphatic heterocycles. The Morgan fingerprint density at radius 3 is 1.90 bits per heavy atom. The molecule has 29 heavy (non-hydrogen) atoms. The van der Waals surface area contributed by atoms with E-state index in [1.807, 2.05) is 12.1 Å². The number of anilines is 1. The lowest BCUT2D eigenvalue weighted by Crippen LogP contribution is -2.34. The second-order valence-corrected chi connectivity index (χ2v) is 8.44. The Morgan fingerprint density at radius 1 is 0.828 bits per heavy atom. The summed E-state index contributed by atoms with van der Waals surface area (Å²) in [7, 11) is 0. The molecule has 3 aromatic carbocycles. The summed E-state index contributed by atoms with van der Waals surface area (Å²) >= 11 is 0. The van der Waals surface area contributed by atoms with E-state index in [1.165, 1.54) is 23.3 Å². The first-order chi connectivity index (χ1) is 13.9. The molecule has 1 heterocycles. The van der Waals surface area contributed by atoms with E-state index >= 15 is 0 Å². The number of fused-ring (bicyclic) bond motifs is 1. The third-order valence-electron chi connectivity index (χ3n) is 7.03. The van der Waals surface area contributed by atoms with Crippen LogP contribution in [-0.2, 0) is 11.6 Å². The standard InChI is InChI=1S/C25H22F3N/c1-23-17-29(21-14-8-13-20(15-21)25(26,27)28)16-22(23)24(23,18-9-4-2-5-10-18)19-11-6-3-7-12-19/h2-15,22H,16-17H2,1H3. The molecule has 3 aromatic rings. The zero-order valence-corrected chi connectivity index (χ0v) is 16.2. The molecule has 5 rings (SSSR count). The Labute approximate surface area is 168 Å². The van der Waals surface area contributed by atoms with Crippen molar-refractivity contribution in [2.75, 3.05) is 18.0 Å². The third kappa shape index (κ3) is 2.54. The maximum absolute atomic E-state index is 13.2. The van der Waals surface area contributed by atoms with Gasteiger partial charge in [-0.2, -0.15) is 13.2 Å². The molecule has 0 aromatic heterocycles. The molecule has 1 saturated heterocycles. The van der Waals surface area contributed by atoms with Crippen LogP contribution in [-0.4, -0.2) is 13.1 Å². The first-order valence-corrected chi connectivity index (χ1v) is 9.90. The predicted molar refractivity (Wildman–Crippen MR) is 109 cm³/mol. The highest BCUT2D eigenvalue weighted by Crippen LogP contribution is 2.75. The molecule has 2 atom stereocenters. The summed E-state index contributed by atoms with van der Waals surface area (Å²) in [5, 5.41) is 0. The first-order valence-electron chi connectivity index (χ1n) is 9.90. The van der Waals surface area contributed by atoms with E-state index in [0.717, 1.165) is 19.2 Å². The van der Waals surface area contributed by atoms with Crippen molar-refractivity contribution in [2.24, 2.45) is 11.3 Å². The van der Waals surface area contributed by atoms with Crippen LogP contribution in [0, 0.1) is 11.3 Å². The van der Waals surface area contributed by atoms with E-state index < -0.39 is 11.7 Å². The second kappa shape index (κ2) is 6.12. The van der Waals surface area contributed by atoms with Gasteiger partial charge in [-0.3, -0.25) is 0 Å². The van der Waals surface area contributed by atoms with E-state index in [9.17, 15) is 13.2 Å². The lowest BCUT2D eigenvalue weighted by atomic mass is 9.79. The zero-order chi connectivity index (χ0) is 20.3. The predicted octanol–water partition coefficient (Wildman–Crippen LogP) is 6.15. The first kappa shape index (κ1) is 18.3. The molecule has 1 saturated carbocycles. The Hall–Kier alpha value is -2.75. The lowest BCUT2D eigenvalue weighted by Gasteiger charge is -2.32. The fourth-order valence-electron chi connectivity index (χ4n) is 5.74. The molecule has 1 nitrogen and oxygen atoms in total. The van der Waals surface area contributed by atoms with Gasteiger partial charge < -0.3 is 4.90 Å². The average molecular weight is 393 g/mol. The van der Waals surface area contributed by atoms with E-state index in [4.69, 9.17) is 0 Å². The topological polar surface area (TPSA) is 3.24 Å². The SMILES string of the molecule is CC12CN(c3cccc(C(F)(F)F)c3)CC1C2(c1ccccc1)c1ccccc1. The number of rotatable bonds is 3. The lowest BCUT2D eigenvalue weighted by molar-refractivity contribution is -0.137. The number of nitrogens with zero attached hydrogens (tertiary/aromatic N) is 1. The minimum Gasteiger partial charge on any atom is -0.371 e. The van der Waals surface area contributed by atoms with Crippen molar-refractivity contribution in [2.45, 2.75) is 18.5 Å². The molecule has 0 bridgehead atoms. The van der Waals surface area contributed by atoms with Gasteiger partial charge in [0.15, 0.2) is 0 Å². The monoisotopic (exact) mass is 393 g/mol. The molecule has 2 fully saturated rings. The molecule has 148 valence electrons. The van der Waals surface area contributed by atoms with Gasteiger partial charge in [-0.1, -0.05) is 73.7 Å². The zero-order valence-electron chi connectivity index (χ0n) is 16.2. The number of hydrogen-bond acceptors (Lipinski definition) is 1. The van der Waals surface area contributed by atoms with Crippen molar-refractivity contribution in [1.82, 2.24) is 0 Å². The molecule has 2 aliphatic rings. The number of piperidine rings is 1. The highest BCUT2D eigenvalue weighted by Gasteiger charge is 2.77. The minimum absolute atomic E-state index is 0.0239. The van der Waals surface area contributed by atoms with E-state index in [1.54, 1.807) is 6.07 Å². The van der Waals surface area contributed by atoms with Crippen LogP contribution in [0.3, 0.4) is 0 Å². The average Bonchev–Trinajstić information content (AvgIpc) is 3.05. The maximum atomic E-state index is 13.2. The van der Waals surface area contributed by atoms with E-state index in [-0.39, 0.29) is 10.8 Å². The fraction of sp³-hybridized carbons (Fsp3) is 0.280. The third-order valence-corrected chi connectivity index (χ3v) is 7.03. The highest BCUT2D eigenvalue weighted by atomic mass is 19.4. The summed E-state index contributed by atoms with van der Waals surface area (Å²) in [4.78, 5) is 2.12. The summed E-state index contributed by atoms with van der Waals surface area (Å²) < 4.78 is 39.5. The van der Waals surface area contributed by atoms with Crippen LogP contribution >= 0.6 is 0 Å². The van der Waals surface area contributed by atoms with Gasteiger partial charge >= 0.3 is 6.18 Å². The van der Waals surface area contributed by atoms with Crippen LogP contribution in [0.15, 0.2) is 84.9 Å². The van der Waals surface area contributed by atoms with Gasteiger partial charge in [-0.15, -0.1) is 0 Å². The molecule has 4 heteroatoms. The molecular weight excluding hydrogens is 371 g/mol. The van der Waals surface area contributed by atoms with Crippen molar-refractivity contribution in [3.8, 4) is 0 Å². The van der Waals surface area contributed by atoms with Crippen molar-refractivity contribution in [3.05, 3.63) is 102 Å². The molecule has 0 spiro atoms. The van der Waals surface area contributed by atoms with Gasteiger partial charge in [0.1, 0.15) is 0 Å². The second-order valence-electron chi connectivity index (χ2n) is 8.44. The number of halogens is 3. The van der Waals surface area contributed by atoms with Crippen LogP contribution in [0.5, 0.6) is 0 Å². The van der Waals surface area contributed by atoms with Gasteiger partial charge in [0.05, 0.1) is 5.56 Å². The molecule has 0 N–H and O–H groups in total. The fourth-order valence-corrected chi connectivity index (χ4v) is 5.74. The van der Waals surface area contributed by atoms with Crippen molar-refractivity contribution in [1.29, 1.82) is 0 Å². The Morgan fingerprint density at radius 2 is 1.41 bits per heavy atom. The number of benzene rings is 3. The van der Waals surface area contributed by atoms with Crippen LogP contribution in [0.25, 0.3) is 0 Å². The van der Waals surface area contributed by atoms with Crippen LogP contribution in [0.2, 0.25) is 0 Å². The van der Waals surface area contributed by atoms with Crippen molar-refractivity contribution in [3.63, 3.8) is 0 Å². The molecule has 1 aliphatic carbocycles. The van der Waals surface area contributed by atoms with Crippen molar-refractivity contribution < 1.29 is 13.2 Å². The summed E-state index contributed by atoms with van der Waals surface area (Å²) in [5.74, 6) is 0.356. The summed E-state index contributed by atoms with van der Waals surface area (Å²) in [6.45, 7) is 3.77. The summed E-state index contributed by atoms with van der Waals surface area (Å²) in [5.41, 5.74) is 2.54. The van der Waals surface area contributed by atoms with Crippen molar-refractivity contribution >= 4 is 5.69 Å². The van der Waals surface area contributed by atoms with Gasteiger partial charge in [-0.25, -0.2) is 0 Å². The number of alkyl halides is 3. The summed E-state index contributed by atoms with van der Waals surface area (Å²) in [6.07, 6.45) is -4.32. The maximum Gasteiger partial charge on any atom is 0.416 e. The Bertz CT molecular complexity index is 989. The smallest absolute Gasteiger partial charge is 0.371 e. The normalized spacial score (nSPS) is 25.0. The molecular formula is C25H22F3N. The van der Waals surface area contributed by atoms with Gasteiger partial charge in [-0.05, 0) is 35.2 Å². The quantitative estimate of drug-likeness (QED) is 0.516. The molecule has 2 unspecified atom stereocenters. The van der Waals surface area contributed by atoms with Crippen LogP contribution in [0.4, 0.5) is 18.9 Å². The minimum atomic E-state index is -4.32. The van der Waals surface area contributed by atoms with E-state index in [0.29, 0.717) is 11.6 Å². The van der Waals surface area contributed by atoms with E-state index in [2.05, 4.69) is 60.4 Å². The Balaban J connectivity index is 1.52. The molecule has 0 radical (unpaired) electrons. The Kier molecular flexibility index (Phi) is 3.86. The van der Waals surface area contributed by atoms with Gasteiger partial charge in [0, 0.05) is 29.6 Å². The van der Waals surface area contributed by atoms with Crippen LogP contribution < -0.4 is 4.90 Å². The highest BCUT2D eigenvalue weighted by molar-refractivity contribution is 5.61. The largest absolute Gasteiger partial charge is 0.416 e. The van der Waals surface area contributed by atoms with Crippen LogP contribution in [0.1, 0.15) is 23.6 Å².